The zero-order valence-electron chi connectivity index (χ0n) is 21.7. The zero-order chi connectivity index (χ0) is 25.6. The maximum Gasteiger partial charge on any atom is 0.325 e. The SMILES string of the molecule is O=C(O)[C@@H](c1cc(F)ccc1[C@@H]1CCCCO1)N1CC[C@@H](OCCCCc2ccc3c(n2)CCCC3)C1. The number of pyridine rings is 1. The molecule has 3 aliphatic rings. The summed E-state index contributed by atoms with van der Waals surface area (Å²) in [6, 6.07) is 8.02. The van der Waals surface area contributed by atoms with Crippen molar-refractivity contribution >= 4 is 5.97 Å². The van der Waals surface area contributed by atoms with Gasteiger partial charge in [0.2, 0.25) is 0 Å². The first-order valence-corrected chi connectivity index (χ1v) is 14.1. The van der Waals surface area contributed by atoms with Crippen LogP contribution in [0.3, 0.4) is 0 Å². The van der Waals surface area contributed by atoms with Gasteiger partial charge in [-0.05, 0) is 106 Å². The van der Waals surface area contributed by atoms with Gasteiger partial charge < -0.3 is 14.6 Å². The maximum absolute atomic E-state index is 14.3. The molecule has 2 aliphatic heterocycles. The Morgan fingerprint density at radius 2 is 2.03 bits per heavy atom. The molecule has 1 N–H and O–H groups in total. The number of unbranched alkanes of at least 4 members (excludes halogenated alkanes) is 1. The third-order valence-corrected chi connectivity index (χ3v) is 8.06. The van der Waals surface area contributed by atoms with Crippen molar-refractivity contribution in [3.63, 3.8) is 0 Å². The predicted molar refractivity (Wildman–Crippen MR) is 139 cm³/mol. The minimum absolute atomic E-state index is 0.00772. The van der Waals surface area contributed by atoms with Crippen molar-refractivity contribution < 1.29 is 23.8 Å². The number of carbonyl (C=O) groups is 1. The van der Waals surface area contributed by atoms with E-state index in [-0.39, 0.29) is 12.2 Å². The lowest BCUT2D eigenvalue weighted by Gasteiger charge is -2.30. The Hall–Kier alpha value is -2.35. The molecule has 200 valence electrons. The number of fused-ring (bicyclic) bond motifs is 1. The van der Waals surface area contributed by atoms with Crippen LogP contribution < -0.4 is 0 Å². The van der Waals surface area contributed by atoms with Gasteiger partial charge in [0.25, 0.3) is 0 Å². The molecule has 2 saturated heterocycles. The van der Waals surface area contributed by atoms with Crippen molar-refractivity contribution in [1.29, 1.82) is 0 Å². The van der Waals surface area contributed by atoms with Gasteiger partial charge in [0.05, 0.1) is 12.2 Å². The summed E-state index contributed by atoms with van der Waals surface area (Å²) in [7, 11) is 0. The first-order valence-electron chi connectivity index (χ1n) is 14.1. The van der Waals surface area contributed by atoms with Crippen LogP contribution in [-0.4, -0.2) is 53.4 Å². The number of aliphatic carboxylic acids is 1. The summed E-state index contributed by atoms with van der Waals surface area (Å²) in [6.07, 6.45) is 11.2. The predicted octanol–water partition coefficient (Wildman–Crippen LogP) is 5.58. The fourth-order valence-electron chi connectivity index (χ4n) is 6.10. The monoisotopic (exact) mass is 510 g/mol. The van der Waals surface area contributed by atoms with Gasteiger partial charge in [-0.15, -0.1) is 0 Å². The second-order valence-electron chi connectivity index (χ2n) is 10.7. The summed E-state index contributed by atoms with van der Waals surface area (Å²) in [5, 5.41) is 10.2. The molecule has 0 radical (unpaired) electrons. The molecule has 1 aromatic carbocycles. The Morgan fingerprint density at radius 1 is 1.14 bits per heavy atom. The molecule has 7 heteroatoms. The lowest BCUT2D eigenvalue weighted by Crippen LogP contribution is -2.34. The Balaban J connectivity index is 1.13. The number of hydrogen-bond acceptors (Lipinski definition) is 5. The van der Waals surface area contributed by atoms with E-state index in [1.54, 1.807) is 6.07 Å². The minimum atomic E-state index is -0.958. The van der Waals surface area contributed by atoms with E-state index in [4.69, 9.17) is 14.5 Å². The van der Waals surface area contributed by atoms with Crippen LogP contribution in [-0.2, 0) is 33.5 Å². The molecule has 0 amide bonds. The number of carboxylic acid groups (broad SMARTS) is 1. The van der Waals surface area contributed by atoms with Crippen LogP contribution >= 0.6 is 0 Å². The van der Waals surface area contributed by atoms with E-state index in [0.29, 0.717) is 31.9 Å². The van der Waals surface area contributed by atoms with Crippen LogP contribution in [0.1, 0.15) is 91.6 Å². The molecule has 1 aromatic heterocycles. The smallest absolute Gasteiger partial charge is 0.325 e. The van der Waals surface area contributed by atoms with Gasteiger partial charge >= 0.3 is 5.97 Å². The van der Waals surface area contributed by atoms with Crippen molar-refractivity contribution in [1.82, 2.24) is 9.88 Å². The van der Waals surface area contributed by atoms with E-state index in [9.17, 15) is 14.3 Å². The van der Waals surface area contributed by atoms with Gasteiger partial charge in [-0.3, -0.25) is 14.7 Å². The van der Waals surface area contributed by atoms with Crippen molar-refractivity contribution in [3.05, 3.63) is 64.2 Å². The van der Waals surface area contributed by atoms with Crippen molar-refractivity contribution in [2.75, 3.05) is 26.3 Å². The number of hydrogen-bond donors (Lipinski definition) is 1. The van der Waals surface area contributed by atoms with Crippen molar-refractivity contribution in [3.8, 4) is 0 Å². The lowest BCUT2D eigenvalue weighted by molar-refractivity contribution is -0.143. The lowest BCUT2D eigenvalue weighted by atomic mass is 9.92. The van der Waals surface area contributed by atoms with Crippen LogP contribution in [0.15, 0.2) is 30.3 Å². The average Bonchev–Trinajstić information content (AvgIpc) is 3.37. The second kappa shape index (κ2) is 12.5. The molecule has 2 fully saturated rings. The Labute approximate surface area is 219 Å². The number of carboxylic acids is 1. The van der Waals surface area contributed by atoms with Crippen LogP contribution in [0.4, 0.5) is 4.39 Å². The Morgan fingerprint density at radius 3 is 2.86 bits per heavy atom. The summed E-state index contributed by atoms with van der Waals surface area (Å²) in [5.74, 6) is -1.37. The summed E-state index contributed by atoms with van der Waals surface area (Å²) >= 11 is 0. The van der Waals surface area contributed by atoms with Gasteiger partial charge in [0.1, 0.15) is 11.9 Å². The quantitative estimate of drug-likeness (QED) is 0.421. The van der Waals surface area contributed by atoms with Crippen LogP contribution in [0.5, 0.6) is 0 Å². The fraction of sp³-hybridized carbons (Fsp3) is 0.600. The molecule has 0 bridgehead atoms. The summed E-state index contributed by atoms with van der Waals surface area (Å²) in [6.45, 7) is 2.46. The van der Waals surface area contributed by atoms with E-state index in [0.717, 1.165) is 63.4 Å². The molecule has 3 atom stereocenters. The van der Waals surface area contributed by atoms with E-state index in [1.165, 1.54) is 41.9 Å². The molecule has 0 unspecified atom stereocenters. The number of nitrogens with zero attached hydrogens (tertiary/aromatic N) is 2. The highest BCUT2D eigenvalue weighted by atomic mass is 19.1. The van der Waals surface area contributed by atoms with Crippen molar-refractivity contribution in [2.45, 2.75) is 88.9 Å². The molecular formula is C30H39FN2O4. The highest BCUT2D eigenvalue weighted by Crippen LogP contribution is 2.36. The van der Waals surface area contributed by atoms with Gasteiger partial charge in [0.15, 0.2) is 0 Å². The van der Waals surface area contributed by atoms with Gasteiger partial charge in [0, 0.05) is 37.7 Å². The van der Waals surface area contributed by atoms with Crippen molar-refractivity contribution in [2.24, 2.45) is 0 Å². The molecular weight excluding hydrogens is 471 g/mol. The number of halogens is 1. The van der Waals surface area contributed by atoms with E-state index < -0.39 is 17.8 Å². The molecule has 0 spiro atoms. The molecule has 2 aromatic rings. The second-order valence-corrected chi connectivity index (χ2v) is 10.7. The molecule has 6 nitrogen and oxygen atoms in total. The molecule has 37 heavy (non-hydrogen) atoms. The van der Waals surface area contributed by atoms with Gasteiger partial charge in [-0.2, -0.15) is 0 Å². The Kier molecular flexibility index (Phi) is 8.85. The van der Waals surface area contributed by atoms with E-state index in [1.807, 2.05) is 4.90 Å². The van der Waals surface area contributed by atoms with Crippen LogP contribution in [0.25, 0.3) is 0 Å². The first kappa shape index (κ1) is 26.3. The van der Waals surface area contributed by atoms with Gasteiger partial charge in [-0.1, -0.05) is 12.1 Å². The maximum atomic E-state index is 14.3. The van der Waals surface area contributed by atoms with E-state index >= 15 is 0 Å². The highest BCUT2D eigenvalue weighted by Gasteiger charge is 2.36. The number of ether oxygens (including phenoxy) is 2. The van der Waals surface area contributed by atoms with E-state index in [2.05, 4.69) is 12.1 Å². The topological polar surface area (TPSA) is 71.9 Å². The summed E-state index contributed by atoms with van der Waals surface area (Å²) < 4.78 is 26.3. The van der Waals surface area contributed by atoms with Crippen LogP contribution in [0.2, 0.25) is 0 Å². The number of likely N-dealkylation sites (tertiary alicyclic amines) is 1. The number of benzene rings is 1. The largest absolute Gasteiger partial charge is 0.480 e. The highest BCUT2D eigenvalue weighted by molar-refractivity contribution is 5.76. The average molecular weight is 511 g/mol. The molecule has 1 aliphatic carbocycles. The fourth-order valence-corrected chi connectivity index (χ4v) is 6.10. The first-order chi connectivity index (χ1) is 18.1. The van der Waals surface area contributed by atoms with Gasteiger partial charge in [-0.25, -0.2) is 4.39 Å². The summed E-state index contributed by atoms with van der Waals surface area (Å²) in [4.78, 5) is 19.2. The molecule has 0 saturated carbocycles. The number of aromatic nitrogens is 1. The third-order valence-electron chi connectivity index (χ3n) is 8.06. The Bertz CT molecular complexity index is 1070. The zero-order valence-corrected chi connectivity index (χ0v) is 21.7. The number of aryl methyl sites for hydroxylation is 3. The minimum Gasteiger partial charge on any atom is -0.480 e. The van der Waals surface area contributed by atoms with Crippen LogP contribution in [0, 0.1) is 5.82 Å². The summed E-state index contributed by atoms with van der Waals surface area (Å²) in [5.41, 5.74) is 5.19. The molecule has 5 rings (SSSR count). The normalized spacial score (nSPS) is 23.1. The molecule has 3 heterocycles. The third kappa shape index (κ3) is 6.57. The standard InChI is InChI=1S/C30H39FN2O4/c31-22-12-14-25(28-10-4-6-18-37-28)26(19-22)29(30(34)35)33-16-15-24(20-33)36-17-5-3-8-23-13-11-21-7-1-2-9-27(21)32-23/h11-14,19,24,28-29H,1-10,15-18,20H2,(H,34,35)/t24-,28+,29-/m1/s1. The number of rotatable bonds is 10.